The number of halogens is 1. The summed E-state index contributed by atoms with van der Waals surface area (Å²) >= 11 is 0. The molecule has 0 unspecified atom stereocenters. The van der Waals surface area contributed by atoms with Crippen LogP contribution in [-0.2, 0) is 6.42 Å². The van der Waals surface area contributed by atoms with Crippen molar-refractivity contribution in [2.75, 3.05) is 7.11 Å². The smallest absolute Gasteiger partial charge is 0.206 e. The molecule has 2 N–H and O–H groups in total. The number of aliphatic hydroxyl groups is 1. The standard InChI is InChI=1S/C11H13FO3/c1-15-10-7(6-11(14)4-5-11)2-3-8(13)9(10)12/h2-3,13-14H,4-6H2,1H3. The van der Waals surface area contributed by atoms with Crippen molar-refractivity contribution in [3.05, 3.63) is 23.5 Å². The van der Waals surface area contributed by atoms with E-state index in [9.17, 15) is 9.50 Å². The van der Waals surface area contributed by atoms with Gasteiger partial charge in [0.15, 0.2) is 11.5 Å². The number of benzene rings is 1. The van der Waals surface area contributed by atoms with Crippen LogP contribution in [0.5, 0.6) is 11.5 Å². The Morgan fingerprint density at radius 1 is 1.47 bits per heavy atom. The summed E-state index contributed by atoms with van der Waals surface area (Å²) in [7, 11) is 1.35. The normalized spacial score (nSPS) is 17.5. The third kappa shape index (κ3) is 1.90. The van der Waals surface area contributed by atoms with Gasteiger partial charge in [-0.15, -0.1) is 0 Å². The molecule has 0 aliphatic heterocycles. The first-order valence-corrected chi connectivity index (χ1v) is 4.82. The molecular weight excluding hydrogens is 199 g/mol. The van der Waals surface area contributed by atoms with Crippen LogP contribution in [0, 0.1) is 5.82 Å². The first-order valence-electron chi connectivity index (χ1n) is 4.82. The van der Waals surface area contributed by atoms with E-state index < -0.39 is 17.2 Å². The topological polar surface area (TPSA) is 49.7 Å². The average molecular weight is 212 g/mol. The molecule has 1 aromatic rings. The van der Waals surface area contributed by atoms with Gasteiger partial charge in [0.1, 0.15) is 0 Å². The van der Waals surface area contributed by atoms with Crippen molar-refractivity contribution >= 4 is 0 Å². The van der Waals surface area contributed by atoms with E-state index in [0.717, 1.165) is 12.8 Å². The maximum absolute atomic E-state index is 13.4. The third-order valence-corrected chi connectivity index (χ3v) is 2.71. The molecule has 1 saturated carbocycles. The summed E-state index contributed by atoms with van der Waals surface area (Å²) in [4.78, 5) is 0. The van der Waals surface area contributed by atoms with Crippen molar-refractivity contribution in [2.45, 2.75) is 24.9 Å². The van der Waals surface area contributed by atoms with E-state index in [2.05, 4.69) is 0 Å². The number of phenolic OH excluding ortho intramolecular Hbond substituents is 1. The lowest BCUT2D eigenvalue weighted by molar-refractivity contribution is 0.149. The third-order valence-electron chi connectivity index (χ3n) is 2.71. The second-order valence-corrected chi connectivity index (χ2v) is 3.99. The van der Waals surface area contributed by atoms with Crippen molar-refractivity contribution in [2.24, 2.45) is 0 Å². The Morgan fingerprint density at radius 3 is 2.67 bits per heavy atom. The predicted octanol–water partition coefficient (Wildman–Crippen LogP) is 1.61. The Kier molecular flexibility index (Phi) is 2.31. The molecule has 2 rings (SSSR count). The van der Waals surface area contributed by atoms with Crippen LogP contribution in [-0.4, -0.2) is 22.9 Å². The minimum atomic E-state index is -0.765. The number of phenols is 1. The minimum absolute atomic E-state index is 0.0234. The van der Waals surface area contributed by atoms with E-state index >= 15 is 0 Å². The summed E-state index contributed by atoms with van der Waals surface area (Å²) < 4.78 is 18.3. The Balaban J connectivity index is 2.34. The lowest BCUT2D eigenvalue weighted by atomic mass is 10.0. The van der Waals surface area contributed by atoms with E-state index in [0.29, 0.717) is 12.0 Å². The highest BCUT2D eigenvalue weighted by atomic mass is 19.1. The molecule has 0 bridgehead atoms. The van der Waals surface area contributed by atoms with Gasteiger partial charge in [-0.25, -0.2) is 0 Å². The van der Waals surface area contributed by atoms with Crippen LogP contribution >= 0.6 is 0 Å². The molecule has 0 aromatic heterocycles. The maximum atomic E-state index is 13.4. The second kappa shape index (κ2) is 3.38. The fourth-order valence-corrected chi connectivity index (χ4v) is 1.62. The fourth-order valence-electron chi connectivity index (χ4n) is 1.62. The summed E-state index contributed by atoms with van der Waals surface area (Å²) in [5.74, 6) is -1.17. The van der Waals surface area contributed by atoms with Gasteiger partial charge in [0.2, 0.25) is 5.82 Å². The second-order valence-electron chi connectivity index (χ2n) is 3.99. The van der Waals surface area contributed by atoms with E-state index in [1.54, 1.807) is 6.07 Å². The quantitative estimate of drug-likeness (QED) is 0.800. The molecule has 0 atom stereocenters. The van der Waals surface area contributed by atoms with E-state index in [-0.39, 0.29) is 5.75 Å². The average Bonchev–Trinajstić information content (AvgIpc) is 2.91. The van der Waals surface area contributed by atoms with Crippen LogP contribution in [0.3, 0.4) is 0 Å². The van der Waals surface area contributed by atoms with Crippen molar-refractivity contribution in [3.63, 3.8) is 0 Å². The largest absolute Gasteiger partial charge is 0.505 e. The molecular formula is C11H13FO3. The Bertz CT molecular complexity index is 386. The lowest BCUT2D eigenvalue weighted by Crippen LogP contribution is -2.12. The molecule has 0 spiro atoms. The first kappa shape index (κ1) is 10.2. The molecule has 0 amide bonds. The van der Waals surface area contributed by atoms with Gasteiger partial charge in [0, 0.05) is 12.0 Å². The van der Waals surface area contributed by atoms with E-state index in [1.165, 1.54) is 13.2 Å². The molecule has 3 nitrogen and oxygen atoms in total. The summed E-state index contributed by atoms with van der Waals surface area (Å²) in [5.41, 5.74) is -0.107. The van der Waals surface area contributed by atoms with Gasteiger partial charge < -0.3 is 14.9 Å². The van der Waals surface area contributed by atoms with Crippen molar-refractivity contribution in [1.82, 2.24) is 0 Å². The molecule has 0 heterocycles. The fraction of sp³-hybridized carbons (Fsp3) is 0.455. The molecule has 1 aromatic carbocycles. The number of hydrogen-bond acceptors (Lipinski definition) is 3. The summed E-state index contributed by atoms with van der Waals surface area (Å²) in [6.45, 7) is 0. The van der Waals surface area contributed by atoms with Crippen LogP contribution in [0.15, 0.2) is 12.1 Å². The highest BCUT2D eigenvalue weighted by Crippen LogP contribution is 2.41. The zero-order valence-electron chi connectivity index (χ0n) is 8.46. The molecule has 15 heavy (non-hydrogen) atoms. The van der Waals surface area contributed by atoms with Crippen LogP contribution in [0.4, 0.5) is 4.39 Å². The van der Waals surface area contributed by atoms with E-state index in [1.807, 2.05) is 0 Å². The van der Waals surface area contributed by atoms with Gasteiger partial charge in [-0.3, -0.25) is 0 Å². The van der Waals surface area contributed by atoms with Crippen LogP contribution in [0.1, 0.15) is 18.4 Å². The molecule has 4 heteroatoms. The predicted molar refractivity (Wildman–Crippen MR) is 52.5 cm³/mol. The Hall–Kier alpha value is -1.29. The van der Waals surface area contributed by atoms with E-state index in [4.69, 9.17) is 9.84 Å². The number of methoxy groups -OCH3 is 1. The van der Waals surface area contributed by atoms with Gasteiger partial charge in [0.25, 0.3) is 0 Å². The minimum Gasteiger partial charge on any atom is -0.505 e. The summed E-state index contributed by atoms with van der Waals surface area (Å²) in [6.07, 6.45) is 1.84. The van der Waals surface area contributed by atoms with Gasteiger partial charge in [-0.05, 0) is 18.9 Å². The van der Waals surface area contributed by atoms with Crippen LogP contribution in [0.25, 0.3) is 0 Å². The van der Waals surface area contributed by atoms with Gasteiger partial charge in [0.05, 0.1) is 12.7 Å². The zero-order chi connectivity index (χ0) is 11.1. The highest BCUT2D eigenvalue weighted by Gasteiger charge is 2.41. The number of hydrogen-bond donors (Lipinski definition) is 2. The maximum Gasteiger partial charge on any atom is 0.206 e. The van der Waals surface area contributed by atoms with Gasteiger partial charge in [-0.1, -0.05) is 6.07 Å². The van der Waals surface area contributed by atoms with Gasteiger partial charge >= 0.3 is 0 Å². The van der Waals surface area contributed by atoms with Crippen LogP contribution < -0.4 is 4.74 Å². The molecule has 0 saturated heterocycles. The number of aromatic hydroxyl groups is 1. The highest BCUT2D eigenvalue weighted by molar-refractivity contribution is 5.43. The molecule has 0 radical (unpaired) electrons. The monoisotopic (exact) mass is 212 g/mol. The van der Waals surface area contributed by atoms with Gasteiger partial charge in [-0.2, -0.15) is 4.39 Å². The number of rotatable bonds is 3. The number of ether oxygens (including phenoxy) is 1. The molecule has 1 aliphatic rings. The zero-order valence-corrected chi connectivity index (χ0v) is 8.46. The molecule has 82 valence electrons. The Labute approximate surface area is 87.1 Å². The summed E-state index contributed by atoms with van der Waals surface area (Å²) in [6, 6.07) is 2.85. The van der Waals surface area contributed by atoms with Crippen LogP contribution in [0.2, 0.25) is 0 Å². The molecule has 1 aliphatic carbocycles. The lowest BCUT2D eigenvalue weighted by Gasteiger charge is -2.13. The summed E-state index contributed by atoms with van der Waals surface area (Å²) in [5, 5.41) is 18.9. The SMILES string of the molecule is COc1c(CC2(O)CC2)ccc(O)c1F. The van der Waals surface area contributed by atoms with Crippen molar-refractivity contribution in [3.8, 4) is 11.5 Å². The molecule has 1 fully saturated rings. The first-order chi connectivity index (χ1) is 7.06. The van der Waals surface area contributed by atoms with Crippen molar-refractivity contribution < 1.29 is 19.3 Å². The Morgan fingerprint density at radius 2 is 2.13 bits per heavy atom. The van der Waals surface area contributed by atoms with Crippen molar-refractivity contribution in [1.29, 1.82) is 0 Å².